The van der Waals surface area contributed by atoms with Crippen molar-refractivity contribution in [2.24, 2.45) is 0 Å². The number of carbonyl (C=O) groups excluding carboxylic acids is 3. The minimum absolute atomic E-state index is 0.164. The molecule has 0 aliphatic carbocycles. The van der Waals surface area contributed by atoms with Crippen molar-refractivity contribution in [2.45, 2.75) is 52.6 Å². The molecule has 0 aliphatic heterocycles. The molecule has 0 atom stereocenters. The van der Waals surface area contributed by atoms with Crippen LogP contribution in [0.2, 0.25) is 0 Å². The van der Waals surface area contributed by atoms with Crippen LogP contribution in [0.25, 0.3) is 0 Å². The van der Waals surface area contributed by atoms with E-state index in [0.717, 1.165) is 0 Å². The third-order valence-corrected chi connectivity index (χ3v) is 3.89. The molecule has 0 radical (unpaired) electrons. The molecule has 0 aliphatic rings. The molecule has 0 saturated heterocycles. The van der Waals surface area contributed by atoms with Gasteiger partial charge in [0, 0.05) is 11.1 Å². The second kappa shape index (κ2) is 9.09. The van der Waals surface area contributed by atoms with Crippen LogP contribution in [0.4, 0.5) is 4.79 Å². The number of benzene rings is 2. The third-order valence-electron chi connectivity index (χ3n) is 3.89. The summed E-state index contributed by atoms with van der Waals surface area (Å²) in [6.07, 6.45) is -1.31. The molecular weight excluding hydrogens is 388 g/mol. The SMILES string of the molecule is CC(C)(C)OOC(=O)OOC(=O)c1ccc(C(=O)c2ccccc2)cc1C(C)(C)C. The highest BCUT2D eigenvalue weighted by atomic mass is 17.3. The van der Waals surface area contributed by atoms with E-state index in [1.165, 1.54) is 12.1 Å². The fourth-order valence-electron chi connectivity index (χ4n) is 2.53. The van der Waals surface area contributed by atoms with Gasteiger partial charge in [-0.3, -0.25) is 9.68 Å². The Morgan fingerprint density at radius 2 is 1.37 bits per heavy atom. The smallest absolute Gasteiger partial charge is 0.289 e. The maximum atomic E-state index is 12.8. The standard InChI is InChI=1S/C23H26O7/c1-22(2,3)18-14-16(19(24)15-10-8-7-9-11-15)12-13-17(18)20(25)27-28-21(26)29-30-23(4,5)6/h7-14H,1-6H3. The zero-order chi connectivity index (χ0) is 22.5. The van der Waals surface area contributed by atoms with Crippen molar-refractivity contribution in [3.63, 3.8) is 0 Å². The Hall–Kier alpha value is -3.19. The molecule has 2 rings (SSSR count). The highest BCUT2D eigenvalue weighted by Crippen LogP contribution is 2.28. The van der Waals surface area contributed by atoms with Crippen molar-refractivity contribution in [3.8, 4) is 0 Å². The van der Waals surface area contributed by atoms with Crippen molar-refractivity contribution < 1.29 is 33.9 Å². The van der Waals surface area contributed by atoms with Gasteiger partial charge in [-0.15, -0.1) is 0 Å². The predicted octanol–water partition coefficient (Wildman–Crippen LogP) is 5.17. The molecule has 7 nitrogen and oxygen atoms in total. The topological polar surface area (TPSA) is 88.1 Å². The van der Waals surface area contributed by atoms with Crippen LogP contribution in [0.15, 0.2) is 48.5 Å². The van der Waals surface area contributed by atoms with Crippen LogP contribution in [0, 0.1) is 0 Å². The summed E-state index contributed by atoms with van der Waals surface area (Å²) in [5, 5.41) is 0. The average Bonchev–Trinajstić information content (AvgIpc) is 2.69. The molecule has 30 heavy (non-hydrogen) atoms. The summed E-state index contributed by atoms with van der Waals surface area (Å²) >= 11 is 0. The quantitative estimate of drug-likeness (QED) is 0.387. The van der Waals surface area contributed by atoms with Crippen molar-refractivity contribution in [2.75, 3.05) is 0 Å². The minimum atomic E-state index is -1.31. The lowest BCUT2D eigenvalue weighted by Crippen LogP contribution is -2.24. The third kappa shape index (κ3) is 6.42. The Morgan fingerprint density at radius 1 is 0.733 bits per heavy atom. The number of rotatable bonds is 4. The van der Waals surface area contributed by atoms with Gasteiger partial charge >= 0.3 is 12.1 Å². The minimum Gasteiger partial charge on any atom is -0.289 e. The summed E-state index contributed by atoms with van der Waals surface area (Å²) in [5.41, 5.74) is 0.467. The van der Waals surface area contributed by atoms with E-state index in [1.807, 2.05) is 26.8 Å². The molecule has 0 saturated carbocycles. The Morgan fingerprint density at radius 3 is 1.93 bits per heavy atom. The van der Waals surface area contributed by atoms with E-state index in [-0.39, 0.29) is 11.3 Å². The summed E-state index contributed by atoms with van der Waals surface area (Å²) < 4.78 is 0. The van der Waals surface area contributed by atoms with Gasteiger partial charge in [0.25, 0.3) is 0 Å². The number of hydrogen-bond donors (Lipinski definition) is 0. The van der Waals surface area contributed by atoms with Crippen LogP contribution in [0.1, 0.15) is 73.4 Å². The van der Waals surface area contributed by atoms with Crippen LogP contribution < -0.4 is 0 Å². The van der Waals surface area contributed by atoms with Crippen LogP contribution in [0.5, 0.6) is 0 Å². The first-order valence-corrected chi connectivity index (χ1v) is 9.41. The predicted molar refractivity (Wildman–Crippen MR) is 109 cm³/mol. The lowest BCUT2D eigenvalue weighted by atomic mass is 9.82. The molecule has 7 heteroatoms. The zero-order valence-corrected chi connectivity index (χ0v) is 18.0. The molecule has 0 unspecified atom stereocenters. The van der Waals surface area contributed by atoms with Gasteiger partial charge in [0.15, 0.2) is 5.78 Å². The highest BCUT2D eigenvalue weighted by molar-refractivity contribution is 6.09. The summed E-state index contributed by atoms with van der Waals surface area (Å²) in [4.78, 5) is 54.9. The van der Waals surface area contributed by atoms with Gasteiger partial charge in [-0.2, -0.15) is 9.68 Å². The van der Waals surface area contributed by atoms with Gasteiger partial charge in [-0.1, -0.05) is 57.2 Å². The fraction of sp³-hybridized carbons (Fsp3) is 0.348. The molecule has 0 spiro atoms. The lowest BCUT2D eigenvalue weighted by molar-refractivity contribution is -0.337. The molecule has 160 valence electrons. The zero-order valence-electron chi connectivity index (χ0n) is 18.0. The summed E-state index contributed by atoms with van der Waals surface area (Å²) in [5.74, 6) is -1.06. The van der Waals surface area contributed by atoms with Gasteiger partial charge in [0.1, 0.15) is 5.60 Å². The molecule has 0 aromatic heterocycles. The van der Waals surface area contributed by atoms with Gasteiger partial charge < -0.3 is 0 Å². The second-order valence-corrected chi connectivity index (χ2v) is 8.69. The first-order chi connectivity index (χ1) is 13.9. The van der Waals surface area contributed by atoms with Crippen LogP contribution in [-0.4, -0.2) is 23.5 Å². The Balaban J connectivity index is 2.20. The van der Waals surface area contributed by atoms with E-state index in [1.54, 1.807) is 51.1 Å². The van der Waals surface area contributed by atoms with Gasteiger partial charge in [-0.25, -0.2) is 14.6 Å². The van der Waals surface area contributed by atoms with Gasteiger partial charge in [-0.05, 0) is 43.9 Å². The van der Waals surface area contributed by atoms with Gasteiger partial charge in [0.05, 0.1) is 5.56 Å². The Bertz CT molecular complexity index is 919. The summed E-state index contributed by atoms with van der Waals surface area (Å²) in [7, 11) is 0. The van der Waals surface area contributed by atoms with E-state index < -0.39 is 23.1 Å². The normalized spacial score (nSPS) is 11.5. The summed E-state index contributed by atoms with van der Waals surface area (Å²) in [6.45, 7) is 10.7. The van der Waals surface area contributed by atoms with E-state index in [9.17, 15) is 14.4 Å². The monoisotopic (exact) mass is 414 g/mol. The van der Waals surface area contributed by atoms with Crippen molar-refractivity contribution in [1.82, 2.24) is 0 Å². The van der Waals surface area contributed by atoms with Crippen molar-refractivity contribution in [3.05, 3.63) is 70.8 Å². The van der Waals surface area contributed by atoms with Crippen LogP contribution >= 0.6 is 0 Å². The van der Waals surface area contributed by atoms with E-state index >= 15 is 0 Å². The average molecular weight is 414 g/mol. The van der Waals surface area contributed by atoms with Crippen molar-refractivity contribution in [1.29, 1.82) is 0 Å². The fourth-order valence-corrected chi connectivity index (χ4v) is 2.53. The molecule has 0 bridgehead atoms. The van der Waals surface area contributed by atoms with Crippen molar-refractivity contribution >= 4 is 17.9 Å². The molecule has 0 fully saturated rings. The second-order valence-electron chi connectivity index (χ2n) is 8.69. The van der Waals surface area contributed by atoms with E-state index in [2.05, 4.69) is 14.7 Å². The largest absolute Gasteiger partial charge is 0.582 e. The van der Waals surface area contributed by atoms with E-state index in [0.29, 0.717) is 16.7 Å². The molecule has 0 N–H and O–H groups in total. The van der Waals surface area contributed by atoms with Crippen LogP contribution in [-0.2, 0) is 25.0 Å². The van der Waals surface area contributed by atoms with E-state index in [4.69, 9.17) is 4.89 Å². The Kier molecular flexibility index (Phi) is 7.00. The number of ketones is 1. The van der Waals surface area contributed by atoms with Gasteiger partial charge in [0.2, 0.25) is 0 Å². The maximum Gasteiger partial charge on any atom is 0.582 e. The summed E-state index contributed by atoms with van der Waals surface area (Å²) in [6, 6.07) is 13.5. The molecular formula is C23H26O7. The molecule has 0 amide bonds. The molecule has 2 aromatic carbocycles. The first kappa shape index (κ1) is 23.1. The first-order valence-electron chi connectivity index (χ1n) is 9.41. The Labute approximate surface area is 175 Å². The molecule has 0 heterocycles. The highest BCUT2D eigenvalue weighted by Gasteiger charge is 2.26. The maximum absolute atomic E-state index is 12.8. The van der Waals surface area contributed by atoms with Crippen LogP contribution in [0.3, 0.4) is 0 Å². The number of carbonyl (C=O) groups is 3. The lowest BCUT2D eigenvalue weighted by Gasteiger charge is -2.22. The number of hydrogen-bond acceptors (Lipinski definition) is 7. The molecule has 2 aromatic rings.